The van der Waals surface area contributed by atoms with Gasteiger partial charge in [-0.05, 0) is 82.9 Å². The number of hydrogen-bond acceptors (Lipinski definition) is 0. The van der Waals surface area contributed by atoms with E-state index >= 15 is 0 Å². The maximum Gasteiger partial charge on any atom is 0.131 e. The summed E-state index contributed by atoms with van der Waals surface area (Å²) in [6, 6.07) is 72.6. The summed E-state index contributed by atoms with van der Waals surface area (Å²) < 4.78 is 7.31. The summed E-state index contributed by atoms with van der Waals surface area (Å²) >= 11 is 0. The largest absolute Gasteiger partial charge is 0.309 e. The molecule has 0 amide bonds. The predicted octanol–water partition coefficient (Wildman–Crippen LogP) is 13.2. The van der Waals surface area contributed by atoms with Crippen molar-refractivity contribution in [3.63, 3.8) is 0 Å². The first-order valence-electron chi connectivity index (χ1n) is 18.2. The molecule has 0 spiro atoms. The van der Waals surface area contributed by atoms with Crippen LogP contribution in [-0.4, -0.2) is 13.7 Å². The minimum absolute atomic E-state index is 1.12. The Hall–Kier alpha value is -7.10. The van der Waals surface area contributed by atoms with Crippen molar-refractivity contribution in [3.05, 3.63) is 200 Å². The van der Waals surface area contributed by atoms with Gasteiger partial charge >= 0.3 is 0 Å². The fraction of sp³-hybridized carbons (Fsp3) is 0. The third-order valence-electron chi connectivity index (χ3n) is 10.8. The Labute approximate surface area is 306 Å². The van der Waals surface area contributed by atoms with Gasteiger partial charge in [0.25, 0.3) is 0 Å². The molecule has 0 aliphatic heterocycles. The Bertz CT molecular complexity index is 3090. The Morgan fingerprint density at radius 1 is 0.245 bits per heavy atom. The minimum Gasteiger partial charge on any atom is -0.309 e. The van der Waals surface area contributed by atoms with E-state index in [2.05, 4.69) is 214 Å². The van der Waals surface area contributed by atoms with Crippen molar-refractivity contribution in [1.29, 1.82) is 0 Å². The van der Waals surface area contributed by atoms with Gasteiger partial charge in [0, 0.05) is 44.0 Å². The molecule has 8 aromatic carbocycles. The second-order valence-corrected chi connectivity index (χ2v) is 13.8. The van der Waals surface area contributed by atoms with Crippen molar-refractivity contribution in [3.8, 4) is 39.3 Å². The Morgan fingerprint density at radius 3 is 1.34 bits per heavy atom. The van der Waals surface area contributed by atoms with E-state index < -0.39 is 0 Å². The lowest BCUT2D eigenvalue weighted by Gasteiger charge is -2.15. The number of nitrogens with zero attached hydrogens (tertiary/aromatic N) is 3. The SMILES string of the molecule is c1ccc(-c2ccc(-c3ccc4c(c3)c3c5ccccc5n(-c5ccccc5)c3n4-c3cccc(-n4c5ccccc5c5ccccc54)c3)cc2)cc1. The number of aromatic nitrogens is 3. The van der Waals surface area contributed by atoms with Crippen LogP contribution in [-0.2, 0) is 0 Å². The van der Waals surface area contributed by atoms with E-state index in [1.165, 1.54) is 71.3 Å². The van der Waals surface area contributed by atoms with E-state index in [4.69, 9.17) is 0 Å². The maximum atomic E-state index is 2.47. The summed E-state index contributed by atoms with van der Waals surface area (Å²) in [5.74, 6) is 0. The zero-order valence-corrected chi connectivity index (χ0v) is 28.9. The highest BCUT2D eigenvalue weighted by atomic mass is 15.1. The van der Waals surface area contributed by atoms with Gasteiger partial charge in [0.05, 0.1) is 22.1 Å². The third kappa shape index (κ3) is 4.54. The molecule has 3 nitrogen and oxygen atoms in total. The number of hydrogen-bond donors (Lipinski definition) is 0. The van der Waals surface area contributed by atoms with Crippen molar-refractivity contribution in [2.24, 2.45) is 0 Å². The lowest BCUT2D eigenvalue weighted by molar-refractivity contribution is 1.06. The second-order valence-electron chi connectivity index (χ2n) is 13.8. The van der Waals surface area contributed by atoms with E-state index in [0.717, 1.165) is 22.7 Å². The first-order chi connectivity index (χ1) is 26.3. The van der Waals surface area contributed by atoms with E-state index in [1.54, 1.807) is 0 Å². The average molecular weight is 676 g/mol. The quantitative estimate of drug-likeness (QED) is 0.172. The monoisotopic (exact) mass is 675 g/mol. The molecule has 53 heavy (non-hydrogen) atoms. The molecular weight excluding hydrogens is 643 g/mol. The molecule has 248 valence electrons. The highest BCUT2D eigenvalue weighted by Gasteiger charge is 2.23. The highest BCUT2D eigenvalue weighted by molar-refractivity contribution is 6.23. The molecule has 0 saturated heterocycles. The van der Waals surface area contributed by atoms with Crippen LogP contribution in [0.2, 0.25) is 0 Å². The molecule has 0 aliphatic rings. The van der Waals surface area contributed by atoms with Crippen LogP contribution in [0.1, 0.15) is 0 Å². The molecule has 0 aliphatic carbocycles. The summed E-state index contributed by atoms with van der Waals surface area (Å²) in [7, 11) is 0. The molecule has 3 heteroatoms. The zero-order chi connectivity index (χ0) is 34.9. The molecule has 0 atom stereocenters. The first-order valence-corrected chi connectivity index (χ1v) is 18.2. The van der Waals surface area contributed by atoms with Crippen molar-refractivity contribution in [1.82, 2.24) is 13.7 Å². The smallest absolute Gasteiger partial charge is 0.131 e. The zero-order valence-electron chi connectivity index (χ0n) is 28.9. The molecular formula is C50H33N3. The minimum atomic E-state index is 1.12. The van der Waals surface area contributed by atoms with Gasteiger partial charge in [-0.15, -0.1) is 0 Å². The van der Waals surface area contributed by atoms with Gasteiger partial charge in [-0.1, -0.05) is 140 Å². The fourth-order valence-corrected chi connectivity index (χ4v) is 8.49. The molecule has 0 N–H and O–H groups in total. The normalized spacial score (nSPS) is 11.8. The van der Waals surface area contributed by atoms with Gasteiger partial charge in [0.2, 0.25) is 0 Å². The molecule has 0 bridgehead atoms. The molecule has 3 heterocycles. The first kappa shape index (κ1) is 29.6. The van der Waals surface area contributed by atoms with Gasteiger partial charge in [-0.25, -0.2) is 0 Å². The van der Waals surface area contributed by atoms with Crippen LogP contribution in [0, 0.1) is 0 Å². The fourth-order valence-electron chi connectivity index (χ4n) is 8.49. The molecule has 3 aromatic heterocycles. The molecule has 0 radical (unpaired) electrons. The molecule has 0 fully saturated rings. The number of benzene rings is 8. The Morgan fingerprint density at radius 2 is 0.679 bits per heavy atom. The highest BCUT2D eigenvalue weighted by Crippen LogP contribution is 2.43. The van der Waals surface area contributed by atoms with Crippen LogP contribution < -0.4 is 0 Å². The van der Waals surface area contributed by atoms with E-state index in [0.29, 0.717) is 0 Å². The number of para-hydroxylation sites is 4. The topological polar surface area (TPSA) is 14.8 Å². The van der Waals surface area contributed by atoms with Crippen LogP contribution in [0.4, 0.5) is 0 Å². The molecule has 0 unspecified atom stereocenters. The molecule has 11 aromatic rings. The Kier molecular flexibility index (Phi) is 6.55. The van der Waals surface area contributed by atoms with Crippen molar-refractivity contribution >= 4 is 54.6 Å². The van der Waals surface area contributed by atoms with Crippen molar-refractivity contribution in [2.45, 2.75) is 0 Å². The molecule has 0 saturated carbocycles. The second kappa shape index (κ2) is 11.7. The van der Waals surface area contributed by atoms with E-state index in [1.807, 2.05) is 0 Å². The standard InChI is InChI=1S/C50H33N3/c1-3-14-34(15-4-1)35-26-28-36(29-27-35)37-30-31-48-44(32-37)49-43-22-9-12-25-47(43)52(38-16-5-2-6-17-38)50(49)53(48)40-19-13-18-39(33-40)51-45-23-10-7-20-41(45)42-21-8-11-24-46(42)51/h1-33H. The van der Waals surface area contributed by atoms with E-state index in [-0.39, 0.29) is 0 Å². The van der Waals surface area contributed by atoms with Crippen LogP contribution in [0.15, 0.2) is 200 Å². The van der Waals surface area contributed by atoms with Gasteiger partial charge in [-0.3, -0.25) is 9.13 Å². The lowest BCUT2D eigenvalue weighted by atomic mass is 9.99. The maximum absolute atomic E-state index is 2.47. The van der Waals surface area contributed by atoms with Crippen molar-refractivity contribution in [2.75, 3.05) is 0 Å². The summed E-state index contributed by atoms with van der Waals surface area (Å²) in [5, 5.41) is 6.25. The van der Waals surface area contributed by atoms with Gasteiger partial charge < -0.3 is 4.57 Å². The molecule has 11 rings (SSSR count). The number of fused-ring (bicyclic) bond motifs is 8. The third-order valence-corrected chi connectivity index (χ3v) is 10.8. The Balaban J connectivity index is 1.19. The van der Waals surface area contributed by atoms with Crippen LogP contribution in [0.3, 0.4) is 0 Å². The van der Waals surface area contributed by atoms with Gasteiger partial charge in [-0.2, -0.15) is 0 Å². The van der Waals surface area contributed by atoms with Gasteiger partial charge in [0.15, 0.2) is 0 Å². The summed E-state index contributed by atoms with van der Waals surface area (Å²) in [6.07, 6.45) is 0. The van der Waals surface area contributed by atoms with Crippen LogP contribution in [0.5, 0.6) is 0 Å². The van der Waals surface area contributed by atoms with Crippen molar-refractivity contribution < 1.29 is 0 Å². The van der Waals surface area contributed by atoms with Crippen LogP contribution >= 0.6 is 0 Å². The number of rotatable bonds is 5. The van der Waals surface area contributed by atoms with Crippen LogP contribution in [0.25, 0.3) is 94.0 Å². The van der Waals surface area contributed by atoms with E-state index in [9.17, 15) is 0 Å². The predicted molar refractivity (Wildman–Crippen MR) is 223 cm³/mol. The van der Waals surface area contributed by atoms with Gasteiger partial charge in [0.1, 0.15) is 5.65 Å². The summed E-state index contributed by atoms with van der Waals surface area (Å²) in [5.41, 5.74) is 14.2. The summed E-state index contributed by atoms with van der Waals surface area (Å²) in [4.78, 5) is 0. The average Bonchev–Trinajstić information content (AvgIpc) is 3.87. The summed E-state index contributed by atoms with van der Waals surface area (Å²) in [6.45, 7) is 0. The lowest BCUT2D eigenvalue weighted by Crippen LogP contribution is -2.03.